The minimum absolute atomic E-state index is 0.207. The van der Waals surface area contributed by atoms with Gasteiger partial charge in [0.05, 0.1) is 0 Å². The lowest BCUT2D eigenvalue weighted by Crippen LogP contribution is -2.06. The minimum Gasteiger partial charge on any atom is -0.324 e. The first-order valence-corrected chi connectivity index (χ1v) is 4.61. The fraction of sp³-hybridized carbons (Fsp3) is 0.400. The van der Waals surface area contributed by atoms with Crippen LogP contribution in [0.25, 0.3) is 0 Å². The molecule has 0 aliphatic heterocycles. The second-order valence-corrected chi connectivity index (χ2v) is 3.81. The zero-order valence-electron chi connectivity index (χ0n) is 7.10. The lowest BCUT2D eigenvalue weighted by molar-refractivity contribution is 0.710. The Bertz CT molecular complexity index is 320. The maximum atomic E-state index is 6.05. The fourth-order valence-electron chi connectivity index (χ4n) is 1.97. The third-order valence-corrected chi connectivity index (χ3v) is 2.95. The van der Waals surface area contributed by atoms with Crippen LogP contribution in [-0.2, 0) is 6.42 Å². The molecule has 0 unspecified atom stereocenters. The van der Waals surface area contributed by atoms with Crippen molar-refractivity contribution in [1.29, 1.82) is 0 Å². The van der Waals surface area contributed by atoms with Crippen molar-refractivity contribution in [2.45, 2.75) is 25.8 Å². The largest absolute Gasteiger partial charge is 0.324 e. The predicted octanol–water partition coefficient (Wildman–Crippen LogP) is 2.59. The average Bonchev–Trinajstić information content (AvgIpc) is 2.42. The maximum absolute atomic E-state index is 6.05. The third kappa shape index (κ3) is 1.05. The standard InChI is InChI=1S/C10H12ClN/c1-6-2-4-8(11)7-3-5-9(12)10(6)7/h2,4,9H,3,5,12H2,1H3/t9-/m1/s1. The molecule has 1 aromatic rings. The second-order valence-electron chi connectivity index (χ2n) is 3.40. The molecule has 64 valence electrons. The van der Waals surface area contributed by atoms with Crippen LogP contribution in [-0.4, -0.2) is 0 Å². The number of aryl methyl sites for hydroxylation is 1. The van der Waals surface area contributed by atoms with Gasteiger partial charge in [0.15, 0.2) is 0 Å². The molecule has 0 amide bonds. The van der Waals surface area contributed by atoms with Crippen molar-refractivity contribution in [2.24, 2.45) is 5.73 Å². The summed E-state index contributed by atoms with van der Waals surface area (Å²) in [6.45, 7) is 2.10. The lowest BCUT2D eigenvalue weighted by atomic mass is 10.0. The highest BCUT2D eigenvalue weighted by atomic mass is 35.5. The van der Waals surface area contributed by atoms with Crippen LogP contribution in [0, 0.1) is 6.92 Å². The molecule has 1 aliphatic carbocycles. The quantitative estimate of drug-likeness (QED) is 0.654. The van der Waals surface area contributed by atoms with Gasteiger partial charge in [0, 0.05) is 11.1 Å². The number of halogens is 1. The topological polar surface area (TPSA) is 26.0 Å². The first-order chi connectivity index (χ1) is 5.70. The Morgan fingerprint density at radius 1 is 1.50 bits per heavy atom. The van der Waals surface area contributed by atoms with Crippen molar-refractivity contribution in [3.8, 4) is 0 Å². The van der Waals surface area contributed by atoms with Crippen molar-refractivity contribution < 1.29 is 0 Å². The normalized spacial score (nSPS) is 21.1. The van der Waals surface area contributed by atoms with E-state index >= 15 is 0 Å². The molecule has 0 radical (unpaired) electrons. The molecule has 0 bridgehead atoms. The smallest absolute Gasteiger partial charge is 0.0441 e. The molecule has 2 heteroatoms. The van der Waals surface area contributed by atoms with E-state index in [0.29, 0.717) is 0 Å². The summed E-state index contributed by atoms with van der Waals surface area (Å²) in [7, 11) is 0. The SMILES string of the molecule is Cc1ccc(Cl)c2c1[C@H](N)CC2. The van der Waals surface area contributed by atoms with Crippen LogP contribution < -0.4 is 5.73 Å². The number of fused-ring (bicyclic) bond motifs is 1. The molecule has 1 aliphatic rings. The zero-order valence-corrected chi connectivity index (χ0v) is 7.86. The van der Waals surface area contributed by atoms with Crippen LogP contribution >= 0.6 is 11.6 Å². The number of hydrogen-bond acceptors (Lipinski definition) is 1. The van der Waals surface area contributed by atoms with Gasteiger partial charge in [0.2, 0.25) is 0 Å². The molecule has 0 spiro atoms. The van der Waals surface area contributed by atoms with Gasteiger partial charge in [-0.3, -0.25) is 0 Å². The number of hydrogen-bond donors (Lipinski definition) is 1. The van der Waals surface area contributed by atoms with Crippen molar-refractivity contribution in [2.75, 3.05) is 0 Å². The molecular weight excluding hydrogens is 170 g/mol. The fourth-order valence-corrected chi connectivity index (χ4v) is 2.23. The van der Waals surface area contributed by atoms with E-state index in [1.807, 2.05) is 12.1 Å². The summed E-state index contributed by atoms with van der Waals surface area (Å²) in [5.41, 5.74) is 9.78. The Kier molecular flexibility index (Phi) is 1.85. The summed E-state index contributed by atoms with van der Waals surface area (Å²) >= 11 is 6.05. The van der Waals surface area contributed by atoms with Crippen molar-refractivity contribution in [3.63, 3.8) is 0 Å². The summed E-state index contributed by atoms with van der Waals surface area (Å²) in [5, 5.41) is 0.878. The molecule has 0 aromatic heterocycles. The molecule has 12 heavy (non-hydrogen) atoms. The number of benzene rings is 1. The van der Waals surface area contributed by atoms with Gasteiger partial charge in [-0.25, -0.2) is 0 Å². The molecule has 0 saturated heterocycles. The molecule has 1 atom stereocenters. The van der Waals surface area contributed by atoms with Crippen molar-refractivity contribution >= 4 is 11.6 Å². The van der Waals surface area contributed by atoms with E-state index < -0.39 is 0 Å². The predicted molar refractivity (Wildman–Crippen MR) is 51.4 cm³/mol. The van der Waals surface area contributed by atoms with E-state index in [2.05, 4.69) is 6.92 Å². The van der Waals surface area contributed by atoms with E-state index in [1.165, 1.54) is 16.7 Å². The highest BCUT2D eigenvalue weighted by Crippen LogP contribution is 2.36. The second kappa shape index (κ2) is 2.75. The summed E-state index contributed by atoms with van der Waals surface area (Å²) in [5.74, 6) is 0. The van der Waals surface area contributed by atoms with E-state index in [4.69, 9.17) is 17.3 Å². The van der Waals surface area contributed by atoms with Crippen LogP contribution in [0.3, 0.4) is 0 Å². The van der Waals surface area contributed by atoms with Crippen molar-refractivity contribution in [3.05, 3.63) is 33.8 Å². The van der Waals surface area contributed by atoms with E-state index in [9.17, 15) is 0 Å². The van der Waals surface area contributed by atoms with Crippen LogP contribution in [0.1, 0.15) is 29.2 Å². The highest BCUT2D eigenvalue weighted by Gasteiger charge is 2.22. The monoisotopic (exact) mass is 181 g/mol. The lowest BCUT2D eigenvalue weighted by Gasteiger charge is -2.09. The van der Waals surface area contributed by atoms with Gasteiger partial charge in [0.25, 0.3) is 0 Å². The van der Waals surface area contributed by atoms with Gasteiger partial charge in [-0.1, -0.05) is 17.7 Å². The van der Waals surface area contributed by atoms with Crippen LogP contribution in [0.15, 0.2) is 12.1 Å². The Balaban J connectivity index is 2.64. The minimum atomic E-state index is 0.207. The van der Waals surface area contributed by atoms with Gasteiger partial charge >= 0.3 is 0 Å². The summed E-state index contributed by atoms with van der Waals surface area (Å²) < 4.78 is 0. The third-order valence-electron chi connectivity index (χ3n) is 2.59. The van der Waals surface area contributed by atoms with E-state index in [-0.39, 0.29) is 6.04 Å². The van der Waals surface area contributed by atoms with Gasteiger partial charge in [-0.15, -0.1) is 0 Å². The first-order valence-electron chi connectivity index (χ1n) is 4.23. The zero-order chi connectivity index (χ0) is 8.72. The molecule has 0 saturated carbocycles. The molecule has 0 fully saturated rings. The summed E-state index contributed by atoms with van der Waals surface area (Å²) in [4.78, 5) is 0. The molecular formula is C10H12ClN. The van der Waals surface area contributed by atoms with Crippen LogP contribution in [0.2, 0.25) is 5.02 Å². The van der Waals surface area contributed by atoms with Gasteiger partial charge < -0.3 is 5.73 Å². The number of rotatable bonds is 0. The molecule has 2 N–H and O–H groups in total. The molecule has 0 heterocycles. The van der Waals surface area contributed by atoms with Crippen molar-refractivity contribution in [1.82, 2.24) is 0 Å². The van der Waals surface area contributed by atoms with Crippen LogP contribution in [0.5, 0.6) is 0 Å². The Labute approximate surface area is 77.5 Å². The van der Waals surface area contributed by atoms with Gasteiger partial charge in [-0.05, 0) is 42.5 Å². The Hall–Kier alpha value is -0.530. The van der Waals surface area contributed by atoms with Gasteiger partial charge in [0.1, 0.15) is 0 Å². The summed E-state index contributed by atoms with van der Waals surface area (Å²) in [6, 6.07) is 4.22. The Morgan fingerprint density at radius 3 is 2.92 bits per heavy atom. The molecule has 1 aromatic carbocycles. The summed E-state index contributed by atoms with van der Waals surface area (Å²) in [6.07, 6.45) is 2.08. The van der Waals surface area contributed by atoms with Gasteiger partial charge in [-0.2, -0.15) is 0 Å². The maximum Gasteiger partial charge on any atom is 0.0441 e. The van der Waals surface area contributed by atoms with E-state index in [0.717, 1.165) is 17.9 Å². The molecule has 2 rings (SSSR count). The Morgan fingerprint density at radius 2 is 2.25 bits per heavy atom. The van der Waals surface area contributed by atoms with Crippen LogP contribution in [0.4, 0.5) is 0 Å². The molecule has 1 nitrogen and oxygen atoms in total. The highest BCUT2D eigenvalue weighted by molar-refractivity contribution is 6.31. The van der Waals surface area contributed by atoms with E-state index in [1.54, 1.807) is 0 Å². The first kappa shape index (κ1) is 8.09. The number of nitrogens with two attached hydrogens (primary N) is 1. The average molecular weight is 182 g/mol.